The van der Waals surface area contributed by atoms with Crippen molar-refractivity contribution in [2.24, 2.45) is 0 Å². The molecule has 0 aromatic rings. The van der Waals surface area contributed by atoms with E-state index in [0.29, 0.717) is 0 Å². The number of hydrogen-bond donors (Lipinski definition) is 2. The lowest BCUT2D eigenvalue weighted by atomic mass is 10.3. The maximum Gasteiger partial charge on any atom is 0.155 e. The number of nitrogens with zero attached hydrogens (tertiary/aromatic N) is 1. The van der Waals surface area contributed by atoms with Crippen LogP contribution >= 0.6 is 15.9 Å². The Labute approximate surface area is 55.7 Å². The van der Waals surface area contributed by atoms with E-state index >= 15 is 0 Å². The minimum Gasteiger partial charge on any atom is -0.395 e. The molecule has 0 saturated heterocycles. The van der Waals surface area contributed by atoms with Crippen molar-refractivity contribution in [3.8, 4) is 6.07 Å². The highest BCUT2D eigenvalue weighted by Gasteiger charge is 2.12. The smallest absolute Gasteiger partial charge is 0.155 e. The molecule has 0 fully saturated rings. The molecular formula is C4H6BrNO2. The number of alkyl halides is 1. The van der Waals surface area contributed by atoms with Gasteiger partial charge < -0.3 is 10.2 Å². The molecule has 0 saturated carbocycles. The van der Waals surface area contributed by atoms with E-state index in [0.717, 1.165) is 0 Å². The van der Waals surface area contributed by atoms with Crippen molar-refractivity contribution in [3.05, 3.63) is 0 Å². The van der Waals surface area contributed by atoms with Crippen molar-refractivity contribution in [2.75, 3.05) is 6.61 Å². The summed E-state index contributed by atoms with van der Waals surface area (Å²) in [5, 5.41) is 24.8. The van der Waals surface area contributed by atoms with Crippen molar-refractivity contribution >= 4 is 15.9 Å². The predicted octanol–water partition coefficient (Wildman–Crippen LogP) is -0.373. The Kier molecular flexibility index (Phi) is 3.79. The van der Waals surface area contributed by atoms with Crippen LogP contribution in [-0.4, -0.2) is 27.8 Å². The number of rotatable bonds is 2. The average Bonchev–Trinajstić information content (AvgIpc) is 1.84. The fraction of sp³-hybridized carbons (Fsp3) is 0.750. The summed E-state index contributed by atoms with van der Waals surface area (Å²) in [5.74, 6) is 0. The Bertz CT molecular complexity index is 101. The van der Waals surface area contributed by atoms with Crippen LogP contribution in [0, 0.1) is 11.3 Å². The standard InChI is InChI=1S/C4H6BrNO2/c5-3(2-7)4(8)1-6/h3-4,7-8H,2H2/t3-,4+/m0/s1. The van der Waals surface area contributed by atoms with Gasteiger partial charge in [-0.15, -0.1) is 0 Å². The highest BCUT2D eigenvalue weighted by Crippen LogP contribution is 2.02. The predicted molar refractivity (Wildman–Crippen MR) is 31.4 cm³/mol. The van der Waals surface area contributed by atoms with Gasteiger partial charge in [0.1, 0.15) is 0 Å². The molecule has 0 heterocycles. The van der Waals surface area contributed by atoms with Crippen LogP contribution in [-0.2, 0) is 0 Å². The number of nitriles is 1. The molecule has 8 heavy (non-hydrogen) atoms. The summed E-state index contributed by atoms with van der Waals surface area (Å²) in [6.45, 7) is -0.227. The van der Waals surface area contributed by atoms with Gasteiger partial charge in [-0.3, -0.25) is 0 Å². The van der Waals surface area contributed by atoms with E-state index in [4.69, 9.17) is 15.5 Å². The zero-order valence-corrected chi connectivity index (χ0v) is 5.67. The van der Waals surface area contributed by atoms with Gasteiger partial charge in [0.25, 0.3) is 0 Å². The van der Waals surface area contributed by atoms with Gasteiger partial charge in [0.05, 0.1) is 17.5 Å². The van der Waals surface area contributed by atoms with E-state index in [1.54, 1.807) is 6.07 Å². The molecule has 0 aliphatic carbocycles. The second-order valence-electron chi connectivity index (χ2n) is 1.27. The monoisotopic (exact) mass is 179 g/mol. The van der Waals surface area contributed by atoms with E-state index in [1.807, 2.05) is 0 Å². The molecule has 0 amide bonds. The third kappa shape index (κ3) is 2.26. The summed E-state index contributed by atoms with van der Waals surface area (Å²) in [5.41, 5.74) is 0. The van der Waals surface area contributed by atoms with Crippen LogP contribution in [0.4, 0.5) is 0 Å². The molecule has 0 aliphatic heterocycles. The minimum atomic E-state index is -1.11. The summed E-state index contributed by atoms with van der Waals surface area (Å²) >= 11 is 2.88. The van der Waals surface area contributed by atoms with E-state index in [2.05, 4.69) is 15.9 Å². The molecule has 0 spiro atoms. The Balaban J connectivity index is 3.49. The van der Waals surface area contributed by atoms with Gasteiger partial charge in [-0.2, -0.15) is 5.26 Å². The van der Waals surface area contributed by atoms with Crippen molar-refractivity contribution in [1.82, 2.24) is 0 Å². The molecule has 0 aliphatic rings. The van der Waals surface area contributed by atoms with Crippen molar-refractivity contribution < 1.29 is 10.2 Å². The summed E-state index contributed by atoms with van der Waals surface area (Å²) in [6.07, 6.45) is -1.11. The third-order valence-corrected chi connectivity index (χ3v) is 1.44. The molecule has 3 nitrogen and oxygen atoms in total. The Hall–Kier alpha value is -0.110. The van der Waals surface area contributed by atoms with E-state index in [9.17, 15) is 0 Å². The Morgan fingerprint density at radius 2 is 2.25 bits per heavy atom. The Morgan fingerprint density at radius 3 is 2.38 bits per heavy atom. The lowest BCUT2D eigenvalue weighted by Gasteiger charge is -2.04. The normalized spacial score (nSPS) is 16.8. The second-order valence-corrected chi connectivity index (χ2v) is 2.45. The fourth-order valence-electron chi connectivity index (χ4n) is 0.181. The van der Waals surface area contributed by atoms with Crippen molar-refractivity contribution in [1.29, 1.82) is 5.26 Å². The van der Waals surface area contributed by atoms with Crippen molar-refractivity contribution in [2.45, 2.75) is 10.9 Å². The maximum absolute atomic E-state index is 8.56. The molecule has 2 N–H and O–H groups in total. The van der Waals surface area contributed by atoms with Gasteiger partial charge in [-0.05, 0) is 0 Å². The molecule has 0 radical (unpaired) electrons. The summed E-state index contributed by atoms with van der Waals surface area (Å²) in [4.78, 5) is -0.521. The van der Waals surface area contributed by atoms with Crippen LogP contribution < -0.4 is 0 Å². The van der Waals surface area contributed by atoms with E-state index in [-0.39, 0.29) is 6.61 Å². The van der Waals surface area contributed by atoms with Gasteiger partial charge >= 0.3 is 0 Å². The first-order valence-electron chi connectivity index (χ1n) is 2.05. The quantitative estimate of drug-likeness (QED) is 0.450. The first-order chi connectivity index (χ1) is 3.72. The van der Waals surface area contributed by atoms with Crippen LogP contribution in [0.25, 0.3) is 0 Å². The number of aliphatic hydroxyl groups excluding tert-OH is 2. The van der Waals surface area contributed by atoms with Gasteiger partial charge in [0.15, 0.2) is 6.10 Å². The number of hydrogen-bond acceptors (Lipinski definition) is 3. The lowest BCUT2D eigenvalue weighted by molar-refractivity contribution is 0.185. The van der Waals surface area contributed by atoms with Crippen LogP contribution in [0.2, 0.25) is 0 Å². The molecule has 46 valence electrons. The first kappa shape index (κ1) is 7.89. The summed E-state index contributed by atoms with van der Waals surface area (Å²) in [7, 11) is 0. The van der Waals surface area contributed by atoms with Crippen LogP contribution in [0.3, 0.4) is 0 Å². The van der Waals surface area contributed by atoms with Crippen LogP contribution in [0.5, 0.6) is 0 Å². The molecule has 0 aromatic carbocycles. The summed E-state index contributed by atoms with van der Waals surface area (Å²) in [6, 6.07) is 1.56. The highest BCUT2D eigenvalue weighted by molar-refractivity contribution is 9.09. The molecule has 4 heteroatoms. The molecule has 0 rings (SSSR count). The fourth-order valence-corrected chi connectivity index (χ4v) is 0.299. The largest absolute Gasteiger partial charge is 0.395 e. The maximum atomic E-state index is 8.56. The second kappa shape index (κ2) is 3.84. The molecule has 0 unspecified atom stereocenters. The molecule has 0 aromatic heterocycles. The highest BCUT2D eigenvalue weighted by atomic mass is 79.9. The van der Waals surface area contributed by atoms with Crippen molar-refractivity contribution in [3.63, 3.8) is 0 Å². The average molecular weight is 180 g/mol. The summed E-state index contributed by atoms with van der Waals surface area (Å²) < 4.78 is 0. The topological polar surface area (TPSA) is 64.2 Å². The SMILES string of the molecule is N#C[C@@H](O)[C@@H](Br)CO. The Morgan fingerprint density at radius 1 is 1.75 bits per heavy atom. The third-order valence-electron chi connectivity index (χ3n) is 0.649. The van der Waals surface area contributed by atoms with Gasteiger partial charge in [-0.1, -0.05) is 15.9 Å². The van der Waals surface area contributed by atoms with E-state index < -0.39 is 10.9 Å². The molecule has 2 atom stereocenters. The lowest BCUT2D eigenvalue weighted by Crippen LogP contribution is -2.21. The molecular weight excluding hydrogens is 174 g/mol. The zero-order chi connectivity index (χ0) is 6.57. The van der Waals surface area contributed by atoms with E-state index in [1.165, 1.54) is 0 Å². The van der Waals surface area contributed by atoms with Gasteiger partial charge in [0.2, 0.25) is 0 Å². The van der Waals surface area contributed by atoms with Crippen LogP contribution in [0.15, 0.2) is 0 Å². The number of halogens is 1. The zero-order valence-electron chi connectivity index (χ0n) is 4.08. The minimum absolute atomic E-state index is 0.227. The molecule has 0 bridgehead atoms. The number of aliphatic hydroxyl groups is 2. The first-order valence-corrected chi connectivity index (χ1v) is 2.96. The van der Waals surface area contributed by atoms with Crippen LogP contribution in [0.1, 0.15) is 0 Å². The van der Waals surface area contributed by atoms with Gasteiger partial charge in [0, 0.05) is 0 Å². The van der Waals surface area contributed by atoms with Gasteiger partial charge in [-0.25, -0.2) is 0 Å².